The lowest BCUT2D eigenvalue weighted by molar-refractivity contribution is -0.122. The smallest absolute Gasteiger partial charge is 0.265 e. The Balaban J connectivity index is 2.08. The predicted molar refractivity (Wildman–Crippen MR) is 93.4 cm³/mol. The van der Waals surface area contributed by atoms with Gasteiger partial charge in [0, 0.05) is 10.2 Å². The molecule has 1 atom stereocenters. The summed E-state index contributed by atoms with van der Waals surface area (Å²) in [6.45, 7) is 5.90. The van der Waals surface area contributed by atoms with Crippen LogP contribution in [0.3, 0.4) is 0 Å². The highest BCUT2D eigenvalue weighted by Crippen LogP contribution is 2.22. The number of halogens is 1. The van der Waals surface area contributed by atoms with E-state index in [0.717, 1.165) is 27.0 Å². The van der Waals surface area contributed by atoms with Gasteiger partial charge in [-0.25, -0.2) is 0 Å². The van der Waals surface area contributed by atoms with Gasteiger partial charge in [0.1, 0.15) is 5.75 Å². The number of amides is 1. The molecular formula is C18H20BrNO2. The van der Waals surface area contributed by atoms with Crippen LogP contribution in [0.2, 0.25) is 0 Å². The van der Waals surface area contributed by atoms with E-state index >= 15 is 0 Å². The molecule has 0 aliphatic rings. The lowest BCUT2D eigenvalue weighted by Gasteiger charge is -2.18. The Hall–Kier alpha value is -1.81. The molecule has 2 rings (SSSR count). The number of ether oxygens (including phenoxy) is 1. The van der Waals surface area contributed by atoms with Gasteiger partial charge in [-0.15, -0.1) is 0 Å². The third-order valence-corrected chi connectivity index (χ3v) is 4.34. The van der Waals surface area contributed by atoms with E-state index in [1.54, 1.807) is 0 Å². The first-order chi connectivity index (χ1) is 10.5. The number of benzene rings is 2. The minimum absolute atomic E-state index is 0.132. The number of rotatable bonds is 5. The fraction of sp³-hybridized carbons (Fsp3) is 0.278. The molecule has 4 heteroatoms. The van der Waals surface area contributed by atoms with Crippen LogP contribution >= 0.6 is 15.9 Å². The fourth-order valence-electron chi connectivity index (χ4n) is 2.11. The second kappa shape index (κ2) is 7.45. The molecule has 0 saturated heterocycles. The molecule has 0 saturated carbocycles. The molecule has 2 aromatic carbocycles. The minimum Gasteiger partial charge on any atom is -0.480 e. The summed E-state index contributed by atoms with van der Waals surface area (Å²) >= 11 is 3.45. The fourth-order valence-corrected chi connectivity index (χ4v) is 2.36. The number of aryl methyl sites for hydroxylation is 2. The van der Waals surface area contributed by atoms with Gasteiger partial charge in [0.25, 0.3) is 5.91 Å². The Morgan fingerprint density at radius 1 is 1.18 bits per heavy atom. The van der Waals surface area contributed by atoms with E-state index in [1.807, 2.05) is 63.2 Å². The van der Waals surface area contributed by atoms with Crippen molar-refractivity contribution < 1.29 is 9.53 Å². The summed E-state index contributed by atoms with van der Waals surface area (Å²) in [5.74, 6) is 0.615. The number of carbonyl (C=O) groups is 1. The molecule has 0 bridgehead atoms. The van der Waals surface area contributed by atoms with Gasteiger partial charge in [0.05, 0.1) is 0 Å². The van der Waals surface area contributed by atoms with Crippen LogP contribution in [0.5, 0.6) is 5.75 Å². The molecule has 0 fully saturated rings. The molecule has 0 unspecified atom stereocenters. The van der Waals surface area contributed by atoms with Gasteiger partial charge < -0.3 is 10.1 Å². The third-order valence-electron chi connectivity index (χ3n) is 3.45. The van der Waals surface area contributed by atoms with Crippen molar-refractivity contribution in [1.82, 2.24) is 0 Å². The van der Waals surface area contributed by atoms with Crippen LogP contribution in [-0.4, -0.2) is 12.0 Å². The SMILES string of the molecule is CC[C@@H](Oc1ccccc1C)C(=O)Nc1ccc(Br)c(C)c1. The lowest BCUT2D eigenvalue weighted by Crippen LogP contribution is -2.32. The molecule has 0 radical (unpaired) electrons. The van der Waals surface area contributed by atoms with Crippen LogP contribution < -0.4 is 10.1 Å². The van der Waals surface area contributed by atoms with Crippen LogP contribution in [0.1, 0.15) is 24.5 Å². The molecule has 0 spiro atoms. The van der Waals surface area contributed by atoms with Gasteiger partial charge in [-0.05, 0) is 55.7 Å². The number of carbonyl (C=O) groups excluding carboxylic acids is 1. The maximum absolute atomic E-state index is 12.4. The van der Waals surface area contributed by atoms with Crippen LogP contribution in [-0.2, 0) is 4.79 Å². The molecule has 3 nitrogen and oxygen atoms in total. The van der Waals surface area contributed by atoms with E-state index in [1.165, 1.54) is 0 Å². The number of para-hydroxylation sites is 1. The highest BCUT2D eigenvalue weighted by molar-refractivity contribution is 9.10. The van der Waals surface area contributed by atoms with E-state index in [4.69, 9.17) is 4.74 Å². The second-order valence-corrected chi connectivity index (χ2v) is 6.09. The van der Waals surface area contributed by atoms with Crippen LogP contribution in [0.25, 0.3) is 0 Å². The lowest BCUT2D eigenvalue weighted by atomic mass is 10.2. The number of anilines is 1. The Bertz CT molecular complexity index is 670. The third kappa shape index (κ3) is 4.10. The normalized spacial score (nSPS) is 11.8. The van der Waals surface area contributed by atoms with Gasteiger partial charge in [-0.3, -0.25) is 4.79 Å². The minimum atomic E-state index is -0.509. The largest absolute Gasteiger partial charge is 0.480 e. The van der Waals surface area contributed by atoms with Crippen LogP contribution in [0, 0.1) is 13.8 Å². The van der Waals surface area contributed by atoms with E-state index in [2.05, 4.69) is 21.2 Å². The molecule has 1 N–H and O–H groups in total. The summed E-state index contributed by atoms with van der Waals surface area (Å²) < 4.78 is 6.88. The van der Waals surface area contributed by atoms with E-state index in [0.29, 0.717) is 6.42 Å². The maximum atomic E-state index is 12.4. The zero-order valence-corrected chi connectivity index (χ0v) is 14.6. The van der Waals surface area contributed by atoms with Gasteiger partial charge in [0.15, 0.2) is 6.10 Å². The first-order valence-corrected chi connectivity index (χ1v) is 8.10. The molecule has 22 heavy (non-hydrogen) atoms. The van der Waals surface area contributed by atoms with E-state index in [9.17, 15) is 4.79 Å². The van der Waals surface area contributed by atoms with E-state index in [-0.39, 0.29) is 5.91 Å². The molecular weight excluding hydrogens is 342 g/mol. The van der Waals surface area contributed by atoms with Crippen molar-refractivity contribution in [2.75, 3.05) is 5.32 Å². The second-order valence-electron chi connectivity index (χ2n) is 5.23. The van der Waals surface area contributed by atoms with Gasteiger partial charge in [-0.1, -0.05) is 41.1 Å². The summed E-state index contributed by atoms with van der Waals surface area (Å²) in [7, 11) is 0. The first-order valence-electron chi connectivity index (χ1n) is 7.30. The summed E-state index contributed by atoms with van der Waals surface area (Å²) in [4.78, 5) is 12.4. The van der Waals surface area contributed by atoms with Crippen molar-refractivity contribution in [2.45, 2.75) is 33.3 Å². The molecule has 0 aromatic heterocycles. The topological polar surface area (TPSA) is 38.3 Å². The van der Waals surface area contributed by atoms with Gasteiger partial charge in [0.2, 0.25) is 0 Å². The Morgan fingerprint density at radius 3 is 2.55 bits per heavy atom. The first kappa shape index (κ1) is 16.6. The average molecular weight is 362 g/mol. The van der Waals surface area contributed by atoms with Crippen molar-refractivity contribution in [1.29, 1.82) is 0 Å². The Labute approximate surface area is 139 Å². The average Bonchev–Trinajstić information content (AvgIpc) is 2.50. The number of hydrogen-bond acceptors (Lipinski definition) is 2. The predicted octanol–water partition coefficient (Wildman–Crippen LogP) is 4.86. The van der Waals surface area contributed by atoms with Crippen molar-refractivity contribution in [3.8, 4) is 5.75 Å². The Kier molecular flexibility index (Phi) is 5.61. The van der Waals surface area contributed by atoms with Gasteiger partial charge >= 0.3 is 0 Å². The molecule has 1 amide bonds. The highest BCUT2D eigenvalue weighted by Gasteiger charge is 2.19. The van der Waals surface area contributed by atoms with Crippen LogP contribution in [0.15, 0.2) is 46.9 Å². The summed E-state index contributed by atoms with van der Waals surface area (Å²) in [6, 6.07) is 13.4. The van der Waals surface area contributed by atoms with Crippen molar-refractivity contribution in [3.05, 3.63) is 58.1 Å². The zero-order valence-electron chi connectivity index (χ0n) is 13.0. The summed E-state index contributed by atoms with van der Waals surface area (Å²) in [5, 5.41) is 2.92. The van der Waals surface area contributed by atoms with Crippen molar-refractivity contribution >= 4 is 27.5 Å². The molecule has 0 aliphatic heterocycles. The number of nitrogens with one attached hydrogen (secondary N) is 1. The molecule has 2 aromatic rings. The summed E-state index contributed by atoms with van der Waals surface area (Å²) in [6.07, 6.45) is 0.0976. The van der Waals surface area contributed by atoms with Crippen molar-refractivity contribution in [3.63, 3.8) is 0 Å². The quantitative estimate of drug-likeness (QED) is 0.825. The van der Waals surface area contributed by atoms with Gasteiger partial charge in [-0.2, -0.15) is 0 Å². The van der Waals surface area contributed by atoms with E-state index < -0.39 is 6.10 Å². The number of hydrogen-bond donors (Lipinski definition) is 1. The maximum Gasteiger partial charge on any atom is 0.265 e. The molecule has 116 valence electrons. The Morgan fingerprint density at radius 2 is 1.91 bits per heavy atom. The standard InChI is InChI=1S/C18H20BrNO2/c1-4-16(22-17-8-6-5-7-12(17)2)18(21)20-14-9-10-15(19)13(3)11-14/h5-11,16H,4H2,1-3H3,(H,20,21)/t16-/m1/s1. The molecule has 0 heterocycles. The highest BCUT2D eigenvalue weighted by atomic mass is 79.9. The van der Waals surface area contributed by atoms with Crippen LogP contribution in [0.4, 0.5) is 5.69 Å². The zero-order chi connectivity index (χ0) is 16.1. The molecule has 0 aliphatic carbocycles. The monoisotopic (exact) mass is 361 g/mol. The summed E-state index contributed by atoms with van der Waals surface area (Å²) in [5.41, 5.74) is 2.87. The van der Waals surface area contributed by atoms with Crippen molar-refractivity contribution in [2.24, 2.45) is 0 Å².